The molecule has 0 aromatic carbocycles. The van der Waals surface area contributed by atoms with Crippen molar-refractivity contribution in [2.75, 3.05) is 19.6 Å². The van der Waals surface area contributed by atoms with Crippen LogP contribution in [0.1, 0.15) is 58.8 Å². The smallest absolute Gasteiger partial charge is 0.326 e. The van der Waals surface area contributed by atoms with Gasteiger partial charge in [-0.25, -0.2) is 4.79 Å². The van der Waals surface area contributed by atoms with E-state index < -0.39 is 47.9 Å². The van der Waals surface area contributed by atoms with Gasteiger partial charge in [0.15, 0.2) is 11.9 Å². The van der Waals surface area contributed by atoms with Crippen molar-refractivity contribution in [1.29, 1.82) is 0 Å². The summed E-state index contributed by atoms with van der Waals surface area (Å²) >= 11 is 0. The Morgan fingerprint density at radius 3 is 2.11 bits per heavy atom. The second-order valence-electron chi connectivity index (χ2n) is 9.46. The molecule has 1 fully saturated rings. The Morgan fingerprint density at radius 2 is 1.58 bits per heavy atom. The molecule has 1 aliphatic heterocycles. The van der Waals surface area contributed by atoms with Gasteiger partial charge in [-0.05, 0) is 44.4 Å². The van der Waals surface area contributed by atoms with Gasteiger partial charge in [0.05, 0.1) is 6.04 Å². The Kier molecular flexibility index (Phi) is 13.9. The topological polar surface area (TPSA) is 271 Å². The number of carboxylic acids is 1. The molecule has 1 rings (SSSR count). The minimum atomic E-state index is -1.14. The van der Waals surface area contributed by atoms with E-state index in [0.717, 1.165) is 0 Å². The zero-order valence-corrected chi connectivity index (χ0v) is 22.3. The lowest BCUT2D eigenvalue weighted by Crippen LogP contribution is -2.57. The molecule has 5 atom stereocenters. The van der Waals surface area contributed by atoms with E-state index in [0.29, 0.717) is 51.6 Å². The third kappa shape index (κ3) is 10.8. The van der Waals surface area contributed by atoms with Crippen molar-refractivity contribution in [1.82, 2.24) is 15.5 Å². The first-order chi connectivity index (χ1) is 17.9. The van der Waals surface area contributed by atoms with Crippen LogP contribution in [0.3, 0.4) is 0 Å². The Labute approximate surface area is 223 Å². The van der Waals surface area contributed by atoms with Gasteiger partial charge in [0.1, 0.15) is 18.1 Å². The fourth-order valence-electron chi connectivity index (χ4n) is 4.13. The number of likely N-dealkylation sites (tertiary alicyclic amines) is 1. The van der Waals surface area contributed by atoms with E-state index in [4.69, 9.17) is 28.7 Å². The Morgan fingerprint density at radius 1 is 1.00 bits per heavy atom. The van der Waals surface area contributed by atoms with Crippen LogP contribution in [0.5, 0.6) is 0 Å². The van der Waals surface area contributed by atoms with Gasteiger partial charge < -0.3 is 49.3 Å². The largest absolute Gasteiger partial charge is 0.480 e. The Hall–Kier alpha value is -3.62. The summed E-state index contributed by atoms with van der Waals surface area (Å²) in [4.78, 5) is 60.2. The molecule has 0 saturated carbocycles. The van der Waals surface area contributed by atoms with E-state index in [1.807, 2.05) is 6.92 Å². The first-order valence-corrected chi connectivity index (χ1v) is 12.9. The van der Waals surface area contributed by atoms with E-state index in [-0.39, 0.29) is 30.8 Å². The van der Waals surface area contributed by atoms with Crippen LogP contribution in [0.25, 0.3) is 0 Å². The fraction of sp³-hybridized carbons (Fsp3) is 0.739. The summed E-state index contributed by atoms with van der Waals surface area (Å²) in [6.07, 6.45) is 2.84. The number of nitrogens with two attached hydrogens (primary N) is 5. The number of aliphatic carboxylic acids is 1. The number of amides is 3. The third-order valence-corrected chi connectivity index (χ3v) is 6.48. The monoisotopic (exact) mass is 540 g/mol. The van der Waals surface area contributed by atoms with Crippen molar-refractivity contribution in [2.45, 2.75) is 83.0 Å². The number of hydrogen-bond acceptors (Lipinski definition) is 7. The predicted molar refractivity (Wildman–Crippen MR) is 143 cm³/mol. The summed E-state index contributed by atoms with van der Waals surface area (Å²) in [6, 6.07) is -3.80. The number of carboxylic acid groups (broad SMARTS) is 1. The maximum absolute atomic E-state index is 13.5. The predicted octanol–water partition coefficient (Wildman–Crippen LogP) is -2.49. The summed E-state index contributed by atoms with van der Waals surface area (Å²) in [5, 5.41) is 14.8. The van der Waals surface area contributed by atoms with Gasteiger partial charge in [-0.15, -0.1) is 0 Å². The van der Waals surface area contributed by atoms with Crippen LogP contribution in [0.2, 0.25) is 0 Å². The highest BCUT2D eigenvalue weighted by atomic mass is 16.4. The summed E-state index contributed by atoms with van der Waals surface area (Å²) in [5.41, 5.74) is 27.3. The van der Waals surface area contributed by atoms with E-state index >= 15 is 0 Å². The first-order valence-electron chi connectivity index (χ1n) is 12.9. The van der Waals surface area contributed by atoms with E-state index in [9.17, 15) is 24.3 Å². The lowest BCUT2D eigenvalue weighted by Gasteiger charge is -2.30. The van der Waals surface area contributed by atoms with Gasteiger partial charge >= 0.3 is 5.97 Å². The van der Waals surface area contributed by atoms with Gasteiger partial charge in [0, 0.05) is 19.6 Å². The average Bonchev–Trinajstić information content (AvgIpc) is 3.35. The molecular weight excluding hydrogens is 496 g/mol. The minimum absolute atomic E-state index is 0.0579. The lowest BCUT2D eigenvalue weighted by molar-refractivity contribution is -0.146. The van der Waals surface area contributed by atoms with E-state index in [1.165, 1.54) is 4.90 Å². The number of nitrogens with one attached hydrogen (secondary N) is 2. The number of guanidine groups is 2. The molecule has 1 heterocycles. The number of carbonyl (C=O) groups excluding carboxylic acids is 3. The SMILES string of the molecule is CCC(C)C(NC(=O)C1CCCN1C(=O)C(CCCN=C(N)N)NC(=O)C(N)CCCN=C(N)N)C(=O)O. The number of aliphatic imine (C=N–C) groups is 2. The molecule has 0 aliphatic carbocycles. The maximum atomic E-state index is 13.5. The van der Waals surface area contributed by atoms with Gasteiger partial charge in [0.2, 0.25) is 17.7 Å². The first kappa shape index (κ1) is 32.4. The molecule has 38 heavy (non-hydrogen) atoms. The number of rotatable bonds is 16. The molecule has 0 bridgehead atoms. The van der Waals surface area contributed by atoms with E-state index in [2.05, 4.69) is 20.6 Å². The molecule has 0 spiro atoms. The molecule has 216 valence electrons. The summed E-state index contributed by atoms with van der Waals surface area (Å²) in [5.74, 6) is -3.10. The third-order valence-electron chi connectivity index (χ3n) is 6.48. The van der Waals surface area contributed by atoms with Crippen molar-refractivity contribution >= 4 is 35.6 Å². The van der Waals surface area contributed by atoms with Crippen LogP contribution in [0, 0.1) is 5.92 Å². The number of carbonyl (C=O) groups is 4. The molecule has 3 amide bonds. The van der Waals surface area contributed by atoms with Crippen LogP contribution in [0.4, 0.5) is 0 Å². The highest BCUT2D eigenvalue weighted by Crippen LogP contribution is 2.21. The molecule has 0 radical (unpaired) electrons. The molecule has 1 aliphatic rings. The van der Waals surface area contributed by atoms with Crippen LogP contribution in [-0.2, 0) is 19.2 Å². The fourth-order valence-corrected chi connectivity index (χ4v) is 4.13. The highest BCUT2D eigenvalue weighted by Gasteiger charge is 2.39. The van der Waals surface area contributed by atoms with Gasteiger partial charge in [-0.3, -0.25) is 24.4 Å². The standard InChI is InChI=1S/C23H44N10O5/c1-3-13(2)17(21(37)38)32-19(35)16-9-6-12-33(16)20(36)15(8-5-11-30-23(27)28)31-18(34)14(24)7-4-10-29-22(25)26/h13-17H,3-12,24H2,1-2H3,(H,31,34)(H,32,35)(H,37,38)(H4,25,26,29)(H4,27,28,30). The second-order valence-corrected chi connectivity index (χ2v) is 9.46. The summed E-state index contributed by atoms with van der Waals surface area (Å²) in [7, 11) is 0. The van der Waals surface area contributed by atoms with Crippen molar-refractivity contribution in [3.05, 3.63) is 0 Å². The minimum Gasteiger partial charge on any atom is -0.480 e. The van der Waals surface area contributed by atoms with Crippen LogP contribution < -0.4 is 39.3 Å². The van der Waals surface area contributed by atoms with Gasteiger partial charge in [-0.2, -0.15) is 0 Å². The van der Waals surface area contributed by atoms with Crippen molar-refractivity contribution in [3.63, 3.8) is 0 Å². The average molecular weight is 541 g/mol. The normalized spacial score (nSPS) is 18.0. The van der Waals surface area contributed by atoms with Crippen LogP contribution in [-0.4, -0.2) is 89.4 Å². The molecule has 0 aromatic heterocycles. The van der Waals surface area contributed by atoms with Crippen LogP contribution >= 0.6 is 0 Å². The number of hydrogen-bond donors (Lipinski definition) is 8. The zero-order valence-electron chi connectivity index (χ0n) is 22.3. The quantitative estimate of drug-likeness (QED) is 0.0579. The van der Waals surface area contributed by atoms with Crippen molar-refractivity contribution in [3.8, 4) is 0 Å². The zero-order chi connectivity index (χ0) is 28.8. The summed E-state index contributed by atoms with van der Waals surface area (Å²) < 4.78 is 0. The van der Waals surface area contributed by atoms with E-state index in [1.54, 1.807) is 6.92 Å². The molecule has 0 aromatic rings. The molecule has 1 saturated heterocycles. The molecule has 5 unspecified atom stereocenters. The van der Waals surface area contributed by atoms with Gasteiger partial charge in [0.25, 0.3) is 0 Å². The lowest BCUT2D eigenvalue weighted by atomic mass is 9.98. The Balaban J connectivity index is 2.97. The highest BCUT2D eigenvalue weighted by molar-refractivity contribution is 5.94. The molecule has 15 heteroatoms. The second kappa shape index (κ2) is 16.3. The van der Waals surface area contributed by atoms with Crippen molar-refractivity contribution in [2.24, 2.45) is 44.6 Å². The van der Waals surface area contributed by atoms with Crippen LogP contribution in [0.15, 0.2) is 9.98 Å². The molecule has 13 N–H and O–H groups in total. The van der Waals surface area contributed by atoms with Crippen molar-refractivity contribution < 1.29 is 24.3 Å². The maximum Gasteiger partial charge on any atom is 0.326 e. The molecular formula is C23H44N10O5. The molecule has 15 nitrogen and oxygen atoms in total. The van der Waals surface area contributed by atoms with Gasteiger partial charge in [-0.1, -0.05) is 20.3 Å². The Bertz CT molecular complexity index is 873. The summed E-state index contributed by atoms with van der Waals surface area (Å²) in [6.45, 7) is 4.41. The number of nitrogens with zero attached hydrogens (tertiary/aromatic N) is 3.